The smallest absolute Gasteiger partial charge is 0.370 e. The van der Waals surface area contributed by atoms with Crippen molar-refractivity contribution < 1.29 is 17.5 Å². The van der Waals surface area contributed by atoms with Crippen LogP contribution in [0.1, 0.15) is 18.4 Å². The second kappa shape index (κ2) is 8.69. The zero-order valence-electron chi connectivity index (χ0n) is 12.2. The van der Waals surface area contributed by atoms with Gasteiger partial charge in [0.2, 0.25) is 0 Å². The van der Waals surface area contributed by atoms with Gasteiger partial charge in [0.05, 0.1) is 6.04 Å². The summed E-state index contributed by atoms with van der Waals surface area (Å²) in [6.07, 6.45) is 2.09. The predicted molar refractivity (Wildman–Crippen MR) is 84.7 cm³/mol. The minimum Gasteiger partial charge on any atom is -0.370 e. The van der Waals surface area contributed by atoms with E-state index in [-0.39, 0.29) is 5.96 Å². The summed E-state index contributed by atoms with van der Waals surface area (Å²) in [4.78, 5) is 6.68. The molecule has 22 heavy (non-hydrogen) atoms. The third-order valence-corrected chi connectivity index (χ3v) is 3.14. The lowest BCUT2D eigenvalue weighted by atomic mass is 10.0. The van der Waals surface area contributed by atoms with Gasteiger partial charge in [0.25, 0.3) is 0 Å². The van der Waals surface area contributed by atoms with Crippen LogP contribution >= 0.6 is 0 Å². The first-order chi connectivity index (χ1) is 10.2. The standard InChI is InChI=1S/C13H20N4.H2O4S/c14-13(15)16-12-6-8-17(9-7-12)10-11-4-2-1-3-5-11;1-5(2,3)4/h1-5,12H,6-10H2,(H4,14,15,16);(H2,1,2,3,4). The first-order valence-corrected chi connectivity index (χ1v) is 8.18. The summed E-state index contributed by atoms with van der Waals surface area (Å²) in [5.41, 5.74) is 12.2. The Morgan fingerprint density at radius 1 is 1.18 bits per heavy atom. The van der Waals surface area contributed by atoms with Gasteiger partial charge in [-0.3, -0.25) is 19.0 Å². The van der Waals surface area contributed by atoms with Gasteiger partial charge in [-0.1, -0.05) is 30.3 Å². The first-order valence-electron chi connectivity index (χ1n) is 6.79. The molecule has 0 radical (unpaired) electrons. The van der Waals surface area contributed by atoms with Crippen molar-refractivity contribution in [3.63, 3.8) is 0 Å². The molecule has 1 saturated heterocycles. The Labute approximate surface area is 130 Å². The van der Waals surface area contributed by atoms with E-state index in [9.17, 15) is 0 Å². The zero-order valence-corrected chi connectivity index (χ0v) is 13.0. The number of nitrogens with zero attached hydrogens (tertiary/aromatic N) is 2. The summed E-state index contributed by atoms with van der Waals surface area (Å²) in [5, 5.41) is 0. The Morgan fingerprint density at radius 3 is 2.14 bits per heavy atom. The van der Waals surface area contributed by atoms with E-state index in [0.29, 0.717) is 6.04 Å². The molecule has 1 aliphatic rings. The molecule has 8 nitrogen and oxygen atoms in total. The van der Waals surface area contributed by atoms with E-state index in [0.717, 1.165) is 32.5 Å². The molecule has 0 aromatic heterocycles. The van der Waals surface area contributed by atoms with E-state index in [2.05, 4.69) is 40.2 Å². The van der Waals surface area contributed by atoms with Gasteiger partial charge in [0.1, 0.15) is 0 Å². The fourth-order valence-corrected chi connectivity index (χ4v) is 2.26. The van der Waals surface area contributed by atoms with Crippen molar-refractivity contribution in [3.05, 3.63) is 35.9 Å². The fourth-order valence-electron chi connectivity index (χ4n) is 2.26. The van der Waals surface area contributed by atoms with E-state index in [1.165, 1.54) is 5.56 Å². The molecule has 1 aliphatic heterocycles. The SMILES string of the molecule is NC(N)=NC1CCN(Cc2ccccc2)CC1.O=S(=O)(O)O. The highest BCUT2D eigenvalue weighted by Crippen LogP contribution is 2.15. The highest BCUT2D eigenvalue weighted by molar-refractivity contribution is 7.79. The van der Waals surface area contributed by atoms with Gasteiger partial charge in [-0.15, -0.1) is 0 Å². The second-order valence-corrected chi connectivity index (χ2v) is 5.89. The number of benzene rings is 1. The van der Waals surface area contributed by atoms with E-state index in [4.69, 9.17) is 29.0 Å². The van der Waals surface area contributed by atoms with Crippen molar-refractivity contribution in [3.8, 4) is 0 Å². The number of hydrogen-bond acceptors (Lipinski definition) is 4. The minimum absolute atomic E-state index is 0.214. The van der Waals surface area contributed by atoms with Crippen molar-refractivity contribution >= 4 is 16.4 Å². The van der Waals surface area contributed by atoms with Gasteiger partial charge in [0, 0.05) is 19.6 Å². The Morgan fingerprint density at radius 2 is 1.68 bits per heavy atom. The molecule has 1 fully saturated rings. The lowest BCUT2D eigenvalue weighted by molar-refractivity contribution is 0.206. The molecule has 124 valence electrons. The molecule has 1 aromatic carbocycles. The summed E-state index contributed by atoms with van der Waals surface area (Å²) in [5.74, 6) is 0.214. The number of likely N-dealkylation sites (tertiary alicyclic amines) is 1. The number of nitrogens with two attached hydrogens (primary N) is 2. The molecule has 6 N–H and O–H groups in total. The minimum atomic E-state index is -4.67. The topological polar surface area (TPSA) is 142 Å². The van der Waals surface area contributed by atoms with Crippen LogP contribution in [0, 0.1) is 0 Å². The van der Waals surface area contributed by atoms with Crippen LogP contribution in [0.2, 0.25) is 0 Å². The molecule has 0 saturated carbocycles. The Balaban J connectivity index is 0.000000422. The number of rotatable bonds is 3. The Bertz CT molecular complexity index is 557. The monoisotopic (exact) mass is 330 g/mol. The van der Waals surface area contributed by atoms with Crippen molar-refractivity contribution in [2.75, 3.05) is 13.1 Å². The maximum atomic E-state index is 8.74. The van der Waals surface area contributed by atoms with Crippen LogP contribution < -0.4 is 11.5 Å². The molecule has 0 unspecified atom stereocenters. The average Bonchev–Trinajstić information content (AvgIpc) is 2.40. The van der Waals surface area contributed by atoms with Crippen LogP contribution in [0.4, 0.5) is 0 Å². The van der Waals surface area contributed by atoms with E-state index in [1.807, 2.05) is 0 Å². The zero-order chi connectivity index (χ0) is 16.6. The molecular formula is C13H22N4O4S. The molecular weight excluding hydrogens is 308 g/mol. The molecule has 9 heteroatoms. The summed E-state index contributed by atoms with van der Waals surface area (Å²) >= 11 is 0. The number of piperidine rings is 1. The van der Waals surface area contributed by atoms with Gasteiger partial charge in [-0.2, -0.15) is 8.42 Å². The normalized spacial score (nSPS) is 16.5. The quantitative estimate of drug-likeness (QED) is 0.354. The Hall–Kier alpha value is -1.68. The molecule has 0 spiro atoms. The highest BCUT2D eigenvalue weighted by atomic mass is 32.3. The first kappa shape index (κ1) is 18.4. The lowest BCUT2D eigenvalue weighted by Gasteiger charge is -2.30. The molecule has 1 aromatic rings. The van der Waals surface area contributed by atoms with Gasteiger partial charge in [-0.25, -0.2) is 0 Å². The van der Waals surface area contributed by atoms with Gasteiger partial charge < -0.3 is 11.5 Å². The molecule has 0 atom stereocenters. The summed E-state index contributed by atoms with van der Waals surface area (Å²) in [6.45, 7) is 3.15. The lowest BCUT2D eigenvalue weighted by Crippen LogP contribution is -2.36. The molecule has 0 bridgehead atoms. The largest absolute Gasteiger partial charge is 0.394 e. The van der Waals surface area contributed by atoms with E-state index < -0.39 is 10.4 Å². The second-order valence-electron chi connectivity index (χ2n) is 4.99. The van der Waals surface area contributed by atoms with Crippen molar-refractivity contribution in [2.24, 2.45) is 16.5 Å². The molecule has 2 rings (SSSR count). The molecule has 0 aliphatic carbocycles. The van der Waals surface area contributed by atoms with Crippen LogP contribution in [0.15, 0.2) is 35.3 Å². The highest BCUT2D eigenvalue weighted by Gasteiger charge is 2.18. The Kier molecular flexibility index (Phi) is 7.25. The third kappa shape index (κ3) is 9.29. The maximum Gasteiger partial charge on any atom is 0.394 e. The average molecular weight is 330 g/mol. The number of aliphatic imine (C=N–C) groups is 1. The van der Waals surface area contributed by atoms with Gasteiger partial charge in [-0.05, 0) is 18.4 Å². The summed E-state index contributed by atoms with van der Waals surface area (Å²) in [7, 11) is -4.67. The van der Waals surface area contributed by atoms with Crippen molar-refractivity contribution in [1.29, 1.82) is 0 Å². The van der Waals surface area contributed by atoms with E-state index >= 15 is 0 Å². The molecule has 0 amide bonds. The predicted octanol–water partition coefficient (Wildman–Crippen LogP) is 0.272. The third-order valence-electron chi connectivity index (χ3n) is 3.14. The van der Waals surface area contributed by atoms with Crippen LogP contribution in [0.25, 0.3) is 0 Å². The van der Waals surface area contributed by atoms with Crippen molar-refractivity contribution in [1.82, 2.24) is 4.90 Å². The van der Waals surface area contributed by atoms with E-state index in [1.54, 1.807) is 0 Å². The number of hydrogen-bond donors (Lipinski definition) is 4. The van der Waals surface area contributed by atoms with Crippen molar-refractivity contribution in [2.45, 2.75) is 25.4 Å². The number of guanidine groups is 1. The summed E-state index contributed by atoms with van der Waals surface area (Å²) < 4.78 is 31.6. The van der Waals surface area contributed by atoms with Gasteiger partial charge in [0.15, 0.2) is 5.96 Å². The molecule has 1 heterocycles. The summed E-state index contributed by atoms with van der Waals surface area (Å²) in [6, 6.07) is 10.9. The van der Waals surface area contributed by atoms with Gasteiger partial charge >= 0.3 is 10.4 Å². The van der Waals surface area contributed by atoms with Crippen LogP contribution in [-0.4, -0.2) is 47.5 Å². The van der Waals surface area contributed by atoms with Crippen LogP contribution in [-0.2, 0) is 16.9 Å². The maximum absolute atomic E-state index is 8.74. The van der Waals surface area contributed by atoms with Crippen LogP contribution in [0.3, 0.4) is 0 Å². The fraction of sp³-hybridized carbons (Fsp3) is 0.462. The van der Waals surface area contributed by atoms with Crippen LogP contribution in [0.5, 0.6) is 0 Å².